The van der Waals surface area contributed by atoms with Crippen LogP contribution in [0.25, 0.3) is 0 Å². The molecule has 0 heterocycles. The fraction of sp³-hybridized carbons (Fsp3) is 0.250. The minimum atomic E-state index is 0.884. The summed E-state index contributed by atoms with van der Waals surface area (Å²) >= 11 is 5.46. The van der Waals surface area contributed by atoms with Gasteiger partial charge in [-0.05, 0) is 55.8 Å². The van der Waals surface area contributed by atoms with Gasteiger partial charge in [0.05, 0.1) is 0 Å². The molecule has 2 aromatic rings. The maximum absolute atomic E-state index is 3.64. The molecule has 1 N–H and O–H groups in total. The lowest BCUT2D eigenvalue weighted by molar-refractivity contribution is 0.813. The van der Waals surface area contributed by atoms with Crippen LogP contribution in [-0.2, 0) is 6.54 Å². The molecule has 0 aliphatic carbocycles. The Morgan fingerprint density at radius 3 is 2.58 bits per heavy atom. The molecule has 2 aromatic carbocycles. The lowest BCUT2D eigenvalue weighted by Gasteiger charge is -2.09. The molecule has 1 nitrogen and oxygen atoms in total. The summed E-state index contributed by atoms with van der Waals surface area (Å²) in [5, 5.41) is 3.17. The van der Waals surface area contributed by atoms with Crippen molar-refractivity contribution >= 4 is 27.7 Å². The first-order valence-electron chi connectivity index (χ1n) is 6.28. The Bertz CT molecular complexity index is 581. The van der Waals surface area contributed by atoms with Crippen LogP contribution < -0.4 is 5.32 Å². The van der Waals surface area contributed by atoms with E-state index in [9.17, 15) is 0 Å². The zero-order valence-electron chi connectivity index (χ0n) is 11.5. The molecule has 19 heavy (non-hydrogen) atoms. The van der Waals surface area contributed by atoms with Crippen molar-refractivity contribution in [1.82, 2.24) is 5.32 Å². The summed E-state index contributed by atoms with van der Waals surface area (Å²) in [6.07, 6.45) is 0. The number of rotatable bonds is 4. The molecule has 0 atom stereocenters. The largest absolute Gasteiger partial charge is 0.316 e. The van der Waals surface area contributed by atoms with E-state index in [1.807, 2.05) is 18.8 Å². The molecule has 0 aliphatic heterocycles. The minimum absolute atomic E-state index is 0.884. The van der Waals surface area contributed by atoms with Crippen LogP contribution in [0.15, 0.2) is 50.7 Å². The highest BCUT2D eigenvalue weighted by atomic mass is 79.9. The maximum atomic E-state index is 3.64. The van der Waals surface area contributed by atoms with Gasteiger partial charge in [-0.15, -0.1) is 0 Å². The molecule has 0 unspecified atom stereocenters. The van der Waals surface area contributed by atoms with Crippen LogP contribution in [0.3, 0.4) is 0 Å². The molecule has 0 bridgehead atoms. The van der Waals surface area contributed by atoms with Gasteiger partial charge in [0.1, 0.15) is 0 Å². The Kier molecular flexibility index (Phi) is 5.08. The minimum Gasteiger partial charge on any atom is -0.316 e. The van der Waals surface area contributed by atoms with E-state index in [4.69, 9.17) is 0 Å². The lowest BCUT2D eigenvalue weighted by atomic mass is 10.2. The molecule has 0 amide bonds. The summed E-state index contributed by atoms with van der Waals surface area (Å²) in [4.78, 5) is 2.59. The molecule has 0 spiro atoms. The van der Waals surface area contributed by atoms with Gasteiger partial charge < -0.3 is 5.32 Å². The SMILES string of the molecule is CNCc1ccc(Sc2cc(C)ccc2C)cc1Br. The molecular weight excluding hydrogens is 318 g/mol. The highest BCUT2D eigenvalue weighted by Gasteiger charge is 2.05. The van der Waals surface area contributed by atoms with Gasteiger partial charge in [0.25, 0.3) is 0 Å². The van der Waals surface area contributed by atoms with Gasteiger partial charge in [-0.2, -0.15) is 0 Å². The van der Waals surface area contributed by atoms with Crippen molar-refractivity contribution < 1.29 is 0 Å². The highest BCUT2D eigenvalue weighted by Crippen LogP contribution is 2.33. The van der Waals surface area contributed by atoms with E-state index in [-0.39, 0.29) is 0 Å². The average Bonchev–Trinajstić information content (AvgIpc) is 2.37. The van der Waals surface area contributed by atoms with E-state index >= 15 is 0 Å². The van der Waals surface area contributed by atoms with Crippen LogP contribution in [0.1, 0.15) is 16.7 Å². The molecule has 0 saturated heterocycles. The van der Waals surface area contributed by atoms with E-state index in [2.05, 4.69) is 71.5 Å². The van der Waals surface area contributed by atoms with Crippen LogP contribution in [0.2, 0.25) is 0 Å². The van der Waals surface area contributed by atoms with E-state index in [0.29, 0.717) is 0 Å². The Balaban J connectivity index is 2.24. The Labute approximate surface area is 127 Å². The van der Waals surface area contributed by atoms with Crippen LogP contribution in [0.5, 0.6) is 0 Å². The highest BCUT2D eigenvalue weighted by molar-refractivity contribution is 9.10. The summed E-state index contributed by atoms with van der Waals surface area (Å²) in [5.74, 6) is 0. The smallest absolute Gasteiger partial charge is 0.0231 e. The fourth-order valence-electron chi connectivity index (χ4n) is 1.87. The Morgan fingerprint density at radius 2 is 1.89 bits per heavy atom. The first kappa shape index (κ1) is 14.6. The van der Waals surface area contributed by atoms with Gasteiger partial charge in [0, 0.05) is 20.8 Å². The van der Waals surface area contributed by atoms with Crippen molar-refractivity contribution in [2.45, 2.75) is 30.2 Å². The van der Waals surface area contributed by atoms with Gasteiger partial charge in [0.2, 0.25) is 0 Å². The van der Waals surface area contributed by atoms with E-state index < -0.39 is 0 Å². The fourth-order valence-corrected chi connectivity index (χ4v) is 3.58. The van der Waals surface area contributed by atoms with Crippen LogP contribution in [0, 0.1) is 13.8 Å². The predicted octanol–water partition coefficient (Wildman–Crippen LogP) is 4.94. The van der Waals surface area contributed by atoms with E-state index in [1.165, 1.54) is 26.5 Å². The quantitative estimate of drug-likeness (QED) is 0.849. The summed E-state index contributed by atoms with van der Waals surface area (Å²) in [5.41, 5.74) is 3.91. The van der Waals surface area contributed by atoms with Gasteiger partial charge in [-0.25, -0.2) is 0 Å². The maximum Gasteiger partial charge on any atom is 0.0231 e. The van der Waals surface area contributed by atoms with Crippen molar-refractivity contribution in [1.29, 1.82) is 0 Å². The monoisotopic (exact) mass is 335 g/mol. The van der Waals surface area contributed by atoms with Gasteiger partial charge in [-0.3, -0.25) is 0 Å². The first-order chi connectivity index (χ1) is 9.10. The Hall–Kier alpha value is -0.770. The second-order valence-corrected chi connectivity index (χ2v) is 6.62. The van der Waals surface area contributed by atoms with E-state index in [0.717, 1.165) is 11.0 Å². The summed E-state index contributed by atoms with van der Waals surface area (Å²) < 4.78 is 1.16. The van der Waals surface area contributed by atoms with Crippen molar-refractivity contribution in [3.63, 3.8) is 0 Å². The normalized spacial score (nSPS) is 10.7. The molecule has 0 aliphatic rings. The molecule has 100 valence electrons. The second kappa shape index (κ2) is 6.60. The summed E-state index contributed by atoms with van der Waals surface area (Å²) in [6.45, 7) is 5.18. The van der Waals surface area contributed by atoms with Crippen LogP contribution in [0.4, 0.5) is 0 Å². The van der Waals surface area contributed by atoms with Crippen LogP contribution >= 0.6 is 27.7 Å². The van der Waals surface area contributed by atoms with Crippen LogP contribution in [-0.4, -0.2) is 7.05 Å². The summed E-state index contributed by atoms with van der Waals surface area (Å²) in [7, 11) is 1.96. The number of benzene rings is 2. The van der Waals surface area contributed by atoms with Gasteiger partial charge in [0.15, 0.2) is 0 Å². The van der Waals surface area contributed by atoms with Crippen molar-refractivity contribution in [3.05, 3.63) is 57.6 Å². The number of hydrogen-bond acceptors (Lipinski definition) is 2. The van der Waals surface area contributed by atoms with Gasteiger partial charge >= 0.3 is 0 Å². The standard InChI is InChI=1S/C16H18BrNS/c1-11-4-5-12(2)16(8-11)19-14-7-6-13(10-18-3)15(17)9-14/h4-9,18H,10H2,1-3H3. The third kappa shape index (κ3) is 3.85. The third-order valence-corrected chi connectivity index (χ3v) is 4.85. The molecule has 3 heteroatoms. The third-order valence-electron chi connectivity index (χ3n) is 2.96. The van der Waals surface area contributed by atoms with Crippen molar-refractivity contribution in [2.24, 2.45) is 0 Å². The van der Waals surface area contributed by atoms with Crippen molar-refractivity contribution in [3.8, 4) is 0 Å². The van der Waals surface area contributed by atoms with Gasteiger partial charge in [-0.1, -0.05) is 45.9 Å². The van der Waals surface area contributed by atoms with E-state index in [1.54, 1.807) is 0 Å². The molecular formula is C16H18BrNS. The summed E-state index contributed by atoms with van der Waals surface area (Å²) in [6, 6.07) is 13.1. The predicted molar refractivity (Wildman–Crippen MR) is 86.9 cm³/mol. The lowest BCUT2D eigenvalue weighted by Crippen LogP contribution is -2.05. The average molecular weight is 336 g/mol. The molecule has 0 aromatic heterocycles. The Morgan fingerprint density at radius 1 is 1.11 bits per heavy atom. The number of hydrogen-bond donors (Lipinski definition) is 1. The zero-order valence-corrected chi connectivity index (χ0v) is 13.9. The topological polar surface area (TPSA) is 12.0 Å². The number of nitrogens with one attached hydrogen (secondary N) is 1. The first-order valence-corrected chi connectivity index (χ1v) is 7.89. The second-order valence-electron chi connectivity index (χ2n) is 4.65. The molecule has 0 radical (unpaired) electrons. The number of halogens is 1. The molecule has 2 rings (SSSR count). The van der Waals surface area contributed by atoms with Crippen molar-refractivity contribution in [2.75, 3.05) is 7.05 Å². The molecule has 0 saturated carbocycles. The number of aryl methyl sites for hydroxylation is 2. The molecule has 0 fully saturated rings. The zero-order chi connectivity index (χ0) is 13.8.